The number of aliphatic hydroxyl groups is 1. The molecule has 30 heavy (non-hydrogen) atoms. The van der Waals surface area contributed by atoms with E-state index in [-0.39, 0.29) is 6.10 Å². The van der Waals surface area contributed by atoms with E-state index in [1.165, 1.54) is 116 Å². The Bertz CT molecular complexity index is 444. The van der Waals surface area contributed by atoms with Crippen LogP contribution in [-0.4, -0.2) is 20.8 Å². The molecule has 0 spiro atoms. The van der Waals surface area contributed by atoms with Crippen LogP contribution in [0.1, 0.15) is 148 Å². The second-order valence-corrected chi connectivity index (χ2v) is 9.54. The van der Waals surface area contributed by atoms with Crippen LogP contribution in [0.4, 0.5) is 0 Å². The molecule has 0 saturated heterocycles. The maximum Gasteiger partial charge on any atom is 0.0948 e. The van der Waals surface area contributed by atoms with E-state index in [4.69, 9.17) is 0 Å². The van der Waals surface area contributed by atoms with Crippen LogP contribution in [0.3, 0.4) is 0 Å². The van der Waals surface area contributed by atoms with Gasteiger partial charge in [0.2, 0.25) is 0 Å². The summed E-state index contributed by atoms with van der Waals surface area (Å²) in [4.78, 5) is 4.20. The summed E-state index contributed by atoms with van der Waals surface area (Å²) in [5.74, 6) is 0. The van der Waals surface area contributed by atoms with Gasteiger partial charge in [0, 0.05) is 18.4 Å². The fourth-order valence-electron chi connectivity index (χ4n) is 4.47. The van der Waals surface area contributed by atoms with Gasteiger partial charge in [0.15, 0.2) is 0 Å². The second-order valence-electron chi connectivity index (χ2n) is 9.54. The van der Waals surface area contributed by atoms with Crippen molar-refractivity contribution < 1.29 is 5.11 Å². The molecular formula is C27H52N2O. The van der Waals surface area contributed by atoms with E-state index < -0.39 is 0 Å². The lowest BCUT2D eigenvalue weighted by atomic mass is 10.00. The van der Waals surface area contributed by atoms with Crippen molar-refractivity contribution in [3.8, 4) is 0 Å². The molecule has 2 unspecified atom stereocenters. The molecule has 176 valence electrons. The normalized spacial score (nSPS) is 13.6. The third-order valence-corrected chi connectivity index (χ3v) is 6.51. The molecule has 0 aliphatic heterocycles. The highest BCUT2D eigenvalue weighted by atomic mass is 16.3. The first-order valence-corrected chi connectivity index (χ1v) is 13.4. The molecule has 0 bridgehead atoms. The van der Waals surface area contributed by atoms with Gasteiger partial charge < -0.3 is 9.67 Å². The zero-order chi connectivity index (χ0) is 21.7. The summed E-state index contributed by atoms with van der Waals surface area (Å²) in [5, 5.41) is 9.59. The molecule has 1 aromatic heterocycles. The van der Waals surface area contributed by atoms with Crippen LogP contribution >= 0.6 is 0 Å². The number of unbranched alkanes of at least 4 members (excludes halogenated alkanes) is 16. The highest BCUT2D eigenvalue weighted by molar-refractivity contribution is 4.81. The Hall–Kier alpha value is -0.830. The van der Waals surface area contributed by atoms with Gasteiger partial charge in [0.05, 0.1) is 12.4 Å². The van der Waals surface area contributed by atoms with E-state index in [0.717, 1.165) is 12.8 Å². The summed E-state index contributed by atoms with van der Waals surface area (Å²) < 4.78 is 2.23. The van der Waals surface area contributed by atoms with Gasteiger partial charge in [-0.15, -0.1) is 0 Å². The van der Waals surface area contributed by atoms with Crippen LogP contribution in [0.2, 0.25) is 0 Å². The molecule has 0 amide bonds. The Kier molecular flexibility index (Phi) is 18.2. The van der Waals surface area contributed by atoms with Crippen molar-refractivity contribution in [1.29, 1.82) is 0 Å². The molecule has 1 aromatic rings. The van der Waals surface area contributed by atoms with Crippen molar-refractivity contribution in [3.05, 3.63) is 18.7 Å². The summed E-state index contributed by atoms with van der Waals surface area (Å²) in [5.41, 5.74) is 0. The monoisotopic (exact) mass is 420 g/mol. The van der Waals surface area contributed by atoms with Crippen LogP contribution in [0.15, 0.2) is 18.7 Å². The van der Waals surface area contributed by atoms with Crippen molar-refractivity contribution in [1.82, 2.24) is 9.55 Å². The number of hydrogen-bond acceptors (Lipinski definition) is 2. The predicted molar refractivity (Wildman–Crippen MR) is 131 cm³/mol. The average Bonchev–Trinajstić information content (AvgIpc) is 3.27. The molecule has 1 rings (SSSR count). The van der Waals surface area contributed by atoms with Crippen molar-refractivity contribution >= 4 is 0 Å². The Morgan fingerprint density at radius 2 is 1.13 bits per heavy atom. The molecule has 0 radical (unpaired) electrons. The zero-order valence-electron chi connectivity index (χ0n) is 20.4. The van der Waals surface area contributed by atoms with E-state index >= 15 is 0 Å². The third kappa shape index (κ3) is 15.9. The van der Waals surface area contributed by atoms with Gasteiger partial charge in [-0.3, -0.25) is 0 Å². The summed E-state index contributed by atoms with van der Waals surface area (Å²) in [6.45, 7) is 4.18. The maximum absolute atomic E-state index is 9.59. The Balaban J connectivity index is 1.86. The van der Waals surface area contributed by atoms with Gasteiger partial charge in [-0.1, -0.05) is 116 Å². The van der Waals surface area contributed by atoms with E-state index in [9.17, 15) is 5.11 Å². The van der Waals surface area contributed by atoms with Crippen molar-refractivity contribution in [2.75, 3.05) is 0 Å². The van der Waals surface area contributed by atoms with Gasteiger partial charge in [-0.25, -0.2) is 4.98 Å². The minimum atomic E-state index is -0.202. The second kappa shape index (κ2) is 20.1. The van der Waals surface area contributed by atoms with E-state index in [2.05, 4.69) is 22.7 Å². The number of imidazole rings is 1. The molecule has 3 heteroatoms. The van der Waals surface area contributed by atoms with Gasteiger partial charge in [-0.2, -0.15) is 0 Å². The standard InChI is InChI=1S/C27H52N2O/c1-3-4-5-6-7-8-9-10-11-12-13-14-15-16-17-18-19-20-27(22-21-26(2)30)29-24-23-28-25-29/h23-27,30H,3-22H2,1-2H3. The van der Waals surface area contributed by atoms with Crippen LogP contribution in [-0.2, 0) is 0 Å². The number of aromatic nitrogens is 2. The van der Waals surface area contributed by atoms with Crippen LogP contribution < -0.4 is 0 Å². The summed E-state index contributed by atoms with van der Waals surface area (Å²) >= 11 is 0. The molecule has 0 fully saturated rings. The highest BCUT2D eigenvalue weighted by Gasteiger charge is 2.11. The van der Waals surface area contributed by atoms with Crippen LogP contribution in [0.5, 0.6) is 0 Å². The topological polar surface area (TPSA) is 38.0 Å². The van der Waals surface area contributed by atoms with E-state index in [1.807, 2.05) is 19.4 Å². The lowest BCUT2D eigenvalue weighted by Crippen LogP contribution is -2.10. The van der Waals surface area contributed by atoms with Crippen LogP contribution in [0, 0.1) is 0 Å². The van der Waals surface area contributed by atoms with Crippen LogP contribution in [0.25, 0.3) is 0 Å². The molecule has 3 nitrogen and oxygen atoms in total. The van der Waals surface area contributed by atoms with Gasteiger partial charge in [-0.05, 0) is 26.2 Å². The Morgan fingerprint density at radius 1 is 0.667 bits per heavy atom. The molecule has 2 atom stereocenters. The summed E-state index contributed by atoms with van der Waals surface area (Å²) in [7, 11) is 0. The fraction of sp³-hybridized carbons (Fsp3) is 0.889. The lowest BCUT2D eigenvalue weighted by Gasteiger charge is -2.19. The third-order valence-electron chi connectivity index (χ3n) is 6.51. The van der Waals surface area contributed by atoms with E-state index in [1.54, 1.807) is 0 Å². The van der Waals surface area contributed by atoms with Crippen molar-refractivity contribution in [2.24, 2.45) is 0 Å². The minimum Gasteiger partial charge on any atom is -0.393 e. The molecular weight excluding hydrogens is 368 g/mol. The molecule has 1 N–H and O–H groups in total. The first kappa shape index (κ1) is 27.2. The summed E-state index contributed by atoms with van der Waals surface area (Å²) in [6.07, 6.45) is 33.0. The lowest BCUT2D eigenvalue weighted by molar-refractivity contribution is 0.172. The molecule has 0 aromatic carbocycles. The van der Waals surface area contributed by atoms with E-state index in [0.29, 0.717) is 6.04 Å². The Labute approximate surface area is 188 Å². The van der Waals surface area contributed by atoms with Gasteiger partial charge in [0.25, 0.3) is 0 Å². The zero-order valence-corrected chi connectivity index (χ0v) is 20.4. The fourth-order valence-corrected chi connectivity index (χ4v) is 4.47. The van der Waals surface area contributed by atoms with Crippen molar-refractivity contribution in [3.63, 3.8) is 0 Å². The molecule has 0 aliphatic carbocycles. The molecule has 0 saturated carbocycles. The first-order chi connectivity index (χ1) is 14.7. The van der Waals surface area contributed by atoms with Gasteiger partial charge in [0.1, 0.15) is 0 Å². The number of aliphatic hydroxyl groups excluding tert-OH is 1. The quantitative estimate of drug-likeness (QED) is 0.191. The maximum atomic E-state index is 9.59. The SMILES string of the molecule is CCCCCCCCCCCCCCCCCCCC(CCC(C)O)n1ccnc1. The number of rotatable bonds is 22. The number of hydrogen-bond donors (Lipinski definition) is 1. The smallest absolute Gasteiger partial charge is 0.0948 e. The first-order valence-electron chi connectivity index (χ1n) is 13.4. The Morgan fingerprint density at radius 3 is 1.53 bits per heavy atom. The predicted octanol–water partition coefficient (Wildman–Crippen LogP) is 8.63. The molecule has 0 aliphatic rings. The van der Waals surface area contributed by atoms with Crippen molar-refractivity contribution in [2.45, 2.75) is 154 Å². The minimum absolute atomic E-state index is 0.202. The average molecular weight is 421 g/mol. The summed E-state index contributed by atoms with van der Waals surface area (Å²) in [6, 6.07) is 0.499. The highest BCUT2D eigenvalue weighted by Crippen LogP contribution is 2.23. The number of nitrogens with zero attached hydrogens (tertiary/aromatic N) is 2. The largest absolute Gasteiger partial charge is 0.393 e. The van der Waals surface area contributed by atoms with Gasteiger partial charge >= 0.3 is 0 Å². The molecule has 1 heterocycles.